The fourth-order valence-electron chi connectivity index (χ4n) is 1.21. The number of anilines is 1. The highest BCUT2D eigenvalue weighted by Crippen LogP contribution is 2.22. The van der Waals surface area contributed by atoms with Crippen LogP contribution in [0.2, 0.25) is 10.0 Å². The van der Waals surface area contributed by atoms with Crippen LogP contribution in [0, 0.1) is 0 Å². The van der Waals surface area contributed by atoms with E-state index in [2.05, 4.69) is 31.4 Å². The summed E-state index contributed by atoms with van der Waals surface area (Å²) in [4.78, 5) is 4.03. The van der Waals surface area contributed by atoms with Gasteiger partial charge in [-0.25, -0.2) is 4.98 Å². The third-order valence-corrected chi connectivity index (χ3v) is 3.09. The van der Waals surface area contributed by atoms with Crippen LogP contribution >= 0.6 is 39.1 Å². The lowest BCUT2D eigenvalue weighted by molar-refractivity contribution is 1.23. The number of hydrazone groups is 1. The summed E-state index contributed by atoms with van der Waals surface area (Å²) in [5.74, 6) is 0.467. The van der Waals surface area contributed by atoms with Crippen LogP contribution in [0.25, 0.3) is 0 Å². The molecule has 92 valence electrons. The van der Waals surface area contributed by atoms with Crippen molar-refractivity contribution >= 4 is 51.2 Å². The summed E-state index contributed by atoms with van der Waals surface area (Å²) in [6, 6.07) is 9.36. The first-order valence-electron chi connectivity index (χ1n) is 5.01. The number of pyridine rings is 1. The maximum absolute atomic E-state index is 5.94. The molecule has 2 aromatic rings. The van der Waals surface area contributed by atoms with E-state index < -0.39 is 0 Å². The first kappa shape index (κ1) is 13.3. The first-order chi connectivity index (χ1) is 8.65. The molecule has 0 fully saturated rings. The Morgan fingerprint density at radius 1 is 1.22 bits per heavy atom. The molecule has 0 aliphatic rings. The number of nitrogens with zero attached hydrogens (tertiary/aromatic N) is 2. The molecule has 0 spiro atoms. The summed E-state index contributed by atoms with van der Waals surface area (Å²) in [6.07, 6.45) is 3.18. The third kappa shape index (κ3) is 3.70. The minimum Gasteiger partial charge on any atom is -0.260 e. The monoisotopic (exact) mass is 343 g/mol. The number of rotatable bonds is 3. The molecule has 0 aliphatic carbocycles. The van der Waals surface area contributed by atoms with Gasteiger partial charge in [0.2, 0.25) is 0 Å². The van der Waals surface area contributed by atoms with E-state index in [1.807, 2.05) is 24.3 Å². The van der Waals surface area contributed by atoms with Crippen molar-refractivity contribution in [2.75, 3.05) is 5.43 Å². The molecule has 0 bridgehead atoms. The second kappa shape index (κ2) is 6.18. The Morgan fingerprint density at radius 3 is 2.61 bits per heavy atom. The van der Waals surface area contributed by atoms with Gasteiger partial charge >= 0.3 is 0 Å². The molecule has 0 amide bonds. The molecule has 0 atom stereocenters. The molecule has 1 aromatic carbocycles. The molecule has 0 unspecified atom stereocenters. The molecule has 6 heteroatoms. The number of nitrogens with one attached hydrogen (secondary N) is 1. The lowest BCUT2D eigenvalue weighted by atomic mass is 10.2. The molecular weight excluding hydrogens is 337 g/mol. The summed E-state index contributed by atoms with van der Waals surface area (Å²) in [6.45, 7) is 0. The predicted molar refractivity (Wildman–Crippen MR) is 79.6 cm³/mol. The zero-order valence-corrected chi connectivity index (χ0v) is 12.2. The molecule has 0 saturated carbocycles. The van der Waals surface area contributed by atoms with Crippen molar-refractivity contribution in [3.8, 4) is 0 Å². The van der Waals surface area contributed by atoms with E-state index in [-0.39, 0.29) is 0 Å². The van der Waals surface area contributed by atoms with E-state index in [1.54, 1.807) is 12.3 Å². The summed E-state index contributed by atoms with van der Waals surface area (Å²) in [5.41, 5.74) is 3.73. The Kier molecular flexibility index (Phi) is 4.58. The van der Waals surface area contributed by atoms with Crippen molar-refractivity contribution in [1.29, 1.82) is 0 Å². The van der Waals surface area contributed by atoms with E-state index in [9.17, 15) is 0 Å². The Morgan fingerprint density at radius 2 is 1.94 bits per heavy atom. The van der Waals surface area contributed by atoms with Crippen LogP contribution in [0.5, 0.6) is 0 Å². The van der Waals surface area contributed by atoms with E-state index in [0.717, 1.165) is 10.0 Å². The first-order valence-corrected chi connectivity index (χ1v) is 6.56. The van der Waals surface area contributed by atoms with Crippen LogP contribution in [-0.4, -0.2) is 11.2 Å². The predicted octanol–water partition coefficient (Wildman–Crippen LogP) is 4.60. The third-order valence-electron chi connectivity index (χ3n) is 2.06. The maximum atomic E-state index is 5.94. The van der Waals surface area contributed by atoms with Crippen molar-refractivity contribution in [3.05, 3.63) is 56.6 Å². The summed E-state index contributed by atoms with van der Waals surface area (Å²) < 4.78 is 1.02. The van der Waals surface area contributed by atoms with Gasteiger partial charge in [-0.1, -0.05) is 51.3 Å². The van der Waals surface area contributed by atoms with Gasteiger partial charge in [0.05, 0.1) is 16.3 Å². The van der Waals surface area contributed by atoms with Crippen LogP contribution in [0.4, 0.5) is 5.82 Å². The molecule has 1 N–H and O–H groups in total. The fraction of sp³-hybridized carbons (Fsp3) is 0. The van der Waals surface area contributed by atoms with Crippen molar-refractivity contribution in [2.45, 2.75) is 0 Å². The Balaban J connectivity index is 2.05. The zero-order chi connectivity index (χ0) is 13.0. The molecule has 1 aromatic heterocycles. The Bertz CT molecular complexity index is 570. The van der Waals surface area contributed by atoms with Crippen LogP contribution in [0.1, 0.15) is 5.56 Å². The smallest absolute Gasteiger partial charge is 0.165 e. The molecule has 0 saturated heterocycles. The molecule has 18 heavy (non-hydrogen) atoms. The number of hydrogen-bond acceptors (Lipinski definition) is 3. The van der Waals surface area contributed by atoms with Gasteiger partial charge in [-0.3, -0.25) is 5.43 Å². The number of benzene rings is 1. The van der Waals surface area contributed by atoms with Crippen LogP contribution in [0.15, 0.2) is 46.1 Å². The van der Waals surface area contributed by atoms with Crippen molar-refractivity contribution < 1.29 is 0 Å². The van der Waals surface area contributed by atoms with Crippen molar-refractivity contribution in [3.63, 3.8) is 0 Å². The standard InChI is InChI=1S/C12H8BrCl2N3/c13-9-3-1-8(2-4-9)6-17-18-12-11(15)5-10(14)7-16-12/h1-7H,(H,16,18)/b17-6+. The minimum atomic E-state index is 0.426. The van der Waals surface area contributed by atoms with Crippen LogP contribution in [0.3, 0.4) is 0 Å². The molecule has 2 rings (SSSR count). The van der Waals surface area contributed by atoms with E-state index >= 15 is 0 Å². The van der Waals surface area contributed by atoms with Crippen molar-refractivity contribution in [2.24, 2.45) is 5.10 Å². The average Bonchev–Trinajstić information content (AvgIpc) is 2.34. The molecule has 0 aliphatic heterocycles. The maximum Gasteiger partial charge on any atom is 0.165 e. The Hall–Kier alpha value is -1.10. The van der Waals surface area contributed by atoms with Gasteiger partial charge < -0.3 is 0 Å². The van der Waals surface area contributed by atoms with Crippen molar-refractivity contribution in [1.82, 2.24) is 4.98 Å². The van der Waals surface area contributed by atoms with Gasteiger partial charge in [0.25, 0.3) is 0 Å². The number of aromatic nitrogens is 1. The highest BCUT2D eigenvalue weighted by Gasteiger charge is 2.00. The molecular formula is C12H8BrCl2N3. The fourth-order valence-corrected chi connectivity index (χ4v) is 1.90. The molecule has 0 radical (unpaired) electrons. The molecule has 3 nitrogen and oxygen atoms in total. The highest BCUT2D eigenvalue weighted by molar-refractivity contribution is 9.10. The topological polar surface area (TPSA) is 37.3 Å². The molecule has 1 heterocycles. The lowest BCUT2D eigenvalue weighted by Gasteiger charge is -2.01. The summed E-state index contributed by atoms with van der Waals surface area (Å²) >= 11 is 15.1. The Labute approximate surface area is 123 Å². The van der Waals surface area contributed by atoms with Gasteiger partial charge in [-0.2, -0.15) is 5.10 Å². The lowest BCUT2D eigenvalue weighted by Crippen LogP contribution is -1.94. The largest absolute Gasteiger partial charge is 0.260 e. The minimum absolute atomic E-state index is 0.426. The van der Waals surface area contributed by atoms with E-state index in [0.29, 0.717) is 15.9 Å². The van der Waals surface area contributed by atoms with E-state index in [4.69, 9.17) is 23.2 Å². The van der Waals surface area contributed by atoms with Crippen LogP contribution in [-0.2, 0) is 0 Å². The van der Waals surface area contributed by atoms with E-state index in [1.165, 1.54) is 6.20 Å². The zero-order valence-electron chi connectivity index (χ0n) is 9.07. The quantitative estimate of drug-likeness (QED) is 0.652. The second-order valence-electron chi connectivity index (χ2n) is 3.41. The SMILES string of the molecule is Clc1cnc(N/N=C/c2ccc(Br)cc2)c(Cl)c1. The highest BCUT2D eigenvalue weighted by atomic mass is 79.9. The second-order valence-corrected chi connectivity index (χ2v) is 5.16. The van der Waals surface area contributed by atoms with Gasteiger partial charge in [0.1, 0.15) is 0 Å². The van der Waals surface area contributed by atoms with Gasteiger partial charge in [0.15, 0.2) is 5.82 Å². The summed E-state index contributed by atoms with van der Waals surface area (Å²) in [7, 11) is 0. The normalized spacial score (nSPS) is 10.8. The number of hydrogen-bond donors (Lipinski definition) is 1. The summed E-state index contributed by atoms with van der Waals surface area (Å²) in [5, 5.41) is 4.97. The van der Waals surface area contributed by atoms with Gasteiger partial charge in [0, 0.05) is 10.7 Å². The van der Waals surface area contributed by atoms with Gasteiger partial charge in [-0.05, 0) is 23.8 Å². The van der Waals surface area contributed by atoms with Crippen LogP contribution < -0.4 is 5.43 Å². The number of halogens is 3. The average molecular weight is 345 g/mol. The van der Waals surface area contributed by atoms with Gasteiger partial charge in [-0.15, -0.1) is 0 Å².